The highest BCUT2D eigenvalue weighted by Gasteiger charge is 2.09. The number of hydrogen-bond donors (Lipinski definition) is 2. The molecule has 92 valence electrons. The minimum atomic E-state index is 0.752. The van der Waals surface area contributed by atoms with E-state index >= 15 is 0 Å². The summed E-state index contributed by atoms with van der Waals surface area (Å²) in [5, 5.41) is 7.60. The predicted molar refractivity (Wildman–Crippen MR) is 68.6 cm³/mol. The van der Waals surface area contributed by atoms with E-state index in [2.05, 4.69) is 29.2 Å². The molecule has 3 N–H and O–H groups in total. The van der Waals surface area contributed by atoms with Gasteiger partial charge in [-0.05, 0) is 20.0 Å². The Kier molecular flexibility index (Phi) is 4.61. The van der Waals surface area contributed by atoms with E-state index in [1.54, 1.807) is 4.68 Å². The molecule has 0 radical (unpaired) electrons. The minimum Gasteiger partial charge on any atom is -0.394 e. The topological polar surface area (TPSA) is 59.1 Å². The van der Waals surface area contributed by atoms with Crippen LogP contribution >= 0.6 is 0 Å². The second-order valence-corrected chi connectivity index (χ2v) is 3.92. The van der Waals surface area contributed by atoms with Crippen molar-refractivity contribution in [3.8, 4) is 0 Å². The lowest BCUT2D eigenvalue weighted by Crippen LogP contribution is -2.29. The van der Waals surface area contributed by atoms with Crippen LogP contribution < -0.4 is 11.1 Å². The highest BCUT2D eigenvalue weighted by molar-refractivity contribution is 5.64. The van der Waals surface area contributed by atoms with E-state index in [1.807, 2.05) is 14.0 Å². The second-order valence-electron chi connectivity index (χ2n) is 3.92. The zero-order chi connectivity index (χ0) is 12.1. The van der Waals surface area contributed by atoms with Crippen LogP contribution in [0.3, 0.4) is 0 Å². The van der Waals surface area contributed by atoms with E-state index < -0.39 is 0 Å². The number of nitrogens with zero attached hydrogens (tertiary/aromatic N) is 3. The first-order chi connectivity index (χ1) is 7.60. The van der Waals surface area contributed by atoms with Gasteiger partial charge in [0.1, 0.15) is 5.82 Å². The molecule has 0 bridgehead atoms. The molecule has 0 saturated heterocycles. The maximum atomic E-state index is 5.93. The number of nitrogen functional groups attached to an aromatic ring is 1. The number of nitrogens with one attached hydrogen (secondary N) is 1. The van der Waals surface area contributed by atoms with E-state index in [4.69, 9.17) is 5.73 Å². The van der Waals surface area contributed by atoms with Gasteiger partial charge in [-0.25, -0.2) is 0 Å². The van der Waals surface area contributed by atoms with Crippen molar-refractivity contribution in [3.05, 3.63) is 5.69 Å². The lowest BCUT2D eigenvalue weighted by molar-refractivity contribution is 0.316. The SMILES string of the molecule is CCN(CC)CCNc1c(N)c(C)nn1C. The van der Waals surface area contributed by atoms with Gasteiger partial charge in [0.15, 0.2) is 0 Å². The van der Waals surface area contributed by atoms with Crippen LogP contribution in [0.25, 0.3) is 0 Å². The Morgan fingerprint density at radius 1 is 1.38 bits per heavy atom. The number of nitrogens with two attached hydrogens (primary N) is 1. The number of anilines is 2. The lowest BCUT2D eigenvalue weighted by Gasteiger charge is -2.18. The molecule has 0 amide bonds. The summed E-state index contributed by atoms with van der Waals surface area (Å²) in [5.41, 5.74) is 7.56. The fraction of sp³-hybridized carbons (Fsp3) is 0.727. The highest BCUT2D eigenvalue weighted by Crippen LogP contribution is 2.20. The number of aryl methyl sites for hydroxylation is 2. The summed E-state index contributed by atoms with van der Waals surface area (Å²) in [5.74, 6) is 0.921. The summed E-state index contributed by atoms with van der Waals surface area (Å²) in [6.45, 7) is 10.3. The molecule has 1 aromatic rings. The summed E-state index contributed by atoms with van der Waals surface area (Å²) in [6.07, 6.45) is 0. The van der Waals surface area contributed by atoms with Crippen molar-refractivity contribution >= 4 is 11.5 Å². The van der Waals surface area contributed by atoms with Crippen LogP contribution in [-0.2, 0) is 7.05 Å². The van der Waals surface area contributed by atoms with Gasteiger partial charge in [-0.3, -0.25) is 4.68 Å². The molecule has 0 spiro atoms. The molecule has 1 heterocycles. The molecular weight excluding hydrogens is 202 g/mol. The molecule has 0 fully saturated rings. The molecule has 0 aliphatic carbocycles. The van der Waals surface area contributed by atoms with E-state index in [-0.39, 0.29) is 0 Å². The Morgan fingerprint density at radius 2 is 2.00 bits per heavy atom. The standard InChI is InChI=1S/C11H23N5/c1-5-16(6-2)8-7-13-11-10(12)9(3)14-15(11)4/h13H,5-8,12H2,1-4H3. The van der Waals surface area contributed by atoms with E-state index in [9.17, 15) is 0 Å². The van der Waals surface area contributed by atoms with Crippen molar-refractivity contribution in [3.63, 3.8) is 0 Å². The van der Waals surface area contributed by atoms with E-state index in [0.717, 1.165) is 43.4 Å². The molecule has 0 aliphatic heterocycles. The van der Waals surface area contributed by atoms with Crippen molar-refractivity contribution in [2.75, 3.05) is 37.2 Å². The number of likely N-dealkylation sites (N-methyl/N-ethyl adjacent to an activating group) is 1. The van der Waals surface area contributed by atoms with Crippen LogP contribution in [-0.4, -0.2) is 40.9 Å². The third kappa shape index (κ3) is 2.88. The molecule has 0 aromatic carbocycles. The van der Waals surface area contributed by atoms with Crippen LogP contribution in [0.1, 0.15) is 19.5 Å². The van der Waals surface area contributed by atoms with Crippen molar-refractivity contribution in [1.29, 1.82) is 0 Å². The summed E-state index contributed by atoms with van der Waals surface area (Å²) in [4.78, 5) is 2.37. The minimum absolute atomic E-state index is 0.752. The molecule has 0 saturated carbocycles. The Hall–Kier alpha value is -1.23. The number of aromatic nitrogens is 2. The smallest absolute Gasteiger partial charge is 0.147 e. The van der Waals surface area contributed by atoms with E-state index in [0.29, 0.717) is 0 Å². The van der Waals surface area contributed by atoms with Gasteiger partial charge in [-0.1, -0.05) is 13.8 Å². The maximum absolute atomic E-state index is 5.93. The highest BCUT2D eigenvalue weighted by atomic mass is 15.3. The summed E-state index contributed by atoms with van der Waals surface area (Å²) >= 11 is 0. The van der Waals surface area contributed by atoms with Crippen molar-refractivity contribution in [2.24, 2.45) is 7.05 Å². The van der Waals surface area contributed by atoms with Crippen molar-refractivity contribution in [2.45, 2.75) is 20.8 Å². The number of rotatable bonds is 6. The zero-order valence-corrected chi connectivity index (χ0v) is 10.7. The third-order valence-corrected chi connectivity index (χ3v) is 2.88. The molecule has 5 heteroatoms. The summed E-state index contributed by atoms with van der Waals surface area (Å²) in [7, 11) is 1.91. The Labute approximate surface area is 97.6 Å². The Morgan fingerprint density at radius 3 is 2.44 bits per heavy atom. The van der Waals surface area contributed by atoms with Gasteiger partial charge in [-0.15, -0.1) is 0 Å². The quantitative estimate of drug-likeness (QED) is 0.760. The zero-order valence-electron chi connectivity index (χ0n) is 10.7. The molecule has 1 aromatic heterocycles. The van der Waals surface area contributed by atoms with Gasteiger partial charge in [0.25, 0.3) is 0 Å². The van der Waals surface area contributed by atoms with Crippen LogP contribution in [0.5, 0.6) is 0 Å². The van der Waals surface area contributed by atoms with Gasteiger partial charge in [0.05, 0.1) is 11.4 Å². The van der Waals surface area contributed by atoms with Gasteiger partial charge < -0.3 is 16.0 Å². The van der Waals surface area contributed by atoms with Gasteiger partial charge >= 0.3 is 0 Å². The molecule has 1 rings (SSSR count). The van der Waals surface area contributed by atoms with E-state index in [1.165, 1.54) is 0 Å². The second kappa shape index (κ2) is 5.75. The molecule has 16 heavy (non-hydrogen) atoms. The van der Waals surface area contributed by atoms with Crippen molar-refractivity contribution in [1.82, 2.24) is 14.7 Å². The van der Waals surface area contributed by atoms with Crippen LogP contribution in [0, 0.1) is 6.92 Å². The molecule has 0 atom stereocenters. The normalized spacial score (nSPS) is 11.1. The Bertz CT molecular complexity index is 327. The van der Waals surface area contributed by atoms with Gasteiger partial charge in [-0.2, -0.15) is 5.10 Å². The molecular formula is C11H23N5. The maximum Gasteiger partial charge on any atom is 0.147 e. The average Bonchev–Trinajstić information content (AvgIpc) is 2.50. The first kappa shape index (κ1) is 12.8. The van der Waals surface area contributed by atoms with Crippen LogP contribution in [0.15, 0.2) is 0 Å². The summed E-state index contributed by atoms with van der Waals surface area (Å²) in [6, 6.07) is 0. The first-order valence-corrected chi connectivity index (χ1v) is 5.85. The molecule has 0 unspecified atom stereocenters. The first-order valence-electron chi connectivity index (χ1n) is 5.85. The fourth-order valence-electron chi connectivity index (χ4n) is 1.76. The molecule has 5 nitrogen and oxygen atoms in total. The van der Waals surface area contributed by atoms with Crippen molar-refractivity contribution < 1.29 is 0 Å². The molecule has 0 aliphatic rings. The predicted octanol–water partition coefficient (Wildman–Crippen LogP) is 1.06. The third-order valence-electron chi connectivity index (χ3n) is 2.88. The summed E-state index contributed by atoms with van der Waals surface area (Å²) < 4.78 is 1.80. The number of hydrogen-bond acceptors (Lipinski definition) is 4. The average molecular weight is 225 g/mol. The van der Waals surface area contributed by atoms with Gasteiger partial charge in [0, 0.05) is 20.1 Å². The lowest BCUT2D eigenvalue weighted by atomic mass is 10.4. The fourth-order valence-corrected chi connectivity index (χ4v) is 1.76. The van der Waals surface area contributed by atoms with Gasteiger partial charge in [0.2, 0.25) is 0 Å². The van der Waals surface area contributed by atoms with Crippen LogP contribution in [0.2, 0.25) is 0 Å². The van der Waals surface area contributed by atoms with Crippen LogP contribution in [0.4, 0.5) is 11.5 Å². The largest absolute Gasteiger partial charge is 0.394 e. The monoisotopic (exact) mass is 225 g/mol. The Balaban J connectivity index is 2.48.